The van der Waals surface area contributed by atoms with Crippen molar-refractivity contribution in [3.8, 4) is 5.69 Å². The van der Waals surface area contributed by atoms with Crippen molar-refractivity contribution in [2.75, 3.05) is 0 Å². The fourth-order valence-electron chi connectivity index (χ4n) is 2.77. The summed E-state index contributed by atoms with van der Waals surface area (Å²) in [5.74, 6) is 0.770. The number of benzene rings is 1. The molecule has 0 amide bonds. The van der Waals surface area contributed by atoms with Crippen LogP contribution >= 0.6 is 0 Å². The van der Waals surface area contributed by atoms with Gasteiger partial charge in [-0.05, 0) is 49.3 Å². The van der Waals surface area contributed by atoms with E-state index in [0.717, 1.165) is 28.5 Å². The molecule has 1 heterocycles. The quantitative estimate of drug-likeness (QED) is 0.721. The molecule has 0 unspecified atom stereocenters. The molecular weight excluding hydrogens is 287 g/mol. The maximum absolute atomic E-state index is 13.3. The van der Waals surface area contributed by atoms with Gasteiger partial charge in [0, 0.05) is 12.1 Å². The van der Waals surface area contributed by atoms with E-state index in [0.29, 0.717) is 12.8 Å². The molecule has 3 rings (SSSR count). The standard InChI is InChI=1S/C20H19FN2/c1-3-8-19-18(4-2)22-20(15-11-13-16(21)14-12-15)23(19)17-9-6-5-7-10-17/h3-11,13H,2,12,14H2,1H3/b8-3-. The third kappa shape index (κ3) is 2.95. The second-order valence-electron chi connectivity index (χ2n) is 5.39. The Morgan fingerprint density at radius 1 is 1.17 bits per heavy atom. The first kappa shape index (κ1) is 15.2. The molecule has 0 aliphatic heterocycles. The monoisotopic (exact) mass is 306 g/mol. The number of nitrogens with zero attached hydrogens (tertiary/aromatic N) is 2. The van der Waals surface area contributed by atoms with E-state index in [1.165, 1.54) is 6.08 Å². The van der Waals surface area contributed by atoms with Gasteiger partial charge in [0.1, 0.15) is 11.7 Å². The van der Waals surface area contributed by atoms with Crippen molar-refractivity contribution in [3.05, 3.63) is 78.2 Å². The van der Waals surface area contributed by atoms with E-state index in [4.69, 9.17) is 4.98 Å². The number of allylic oxidation sites excluding steroid dienone is 5. The summed E-state index contributed by atoms with van der Waals surface area (Å²) in [5, 5.41) is 0. The van der Waals surface area contributed by atoms with Gasteiger partial charge in [-0.1, -0.05) is 36.9 Å². The molecule has 23 heavy (non-hydrogen) atoms. The first-order valence-corrected chi connectivity index (χ1v) is 7.73. The normalized spacial score (nSPS) is 14.7. The Balaban J connectivity index is 2.25. The average Bonchev–Trinajstić information content (AvgIpc) is 2.95. The lowest BCUT2D eigenvalue weighted by atomic mass is 10.0. The summed E-state index contributed by atoms with van der Waals surface area (Å²) in [6, 6.07) is 10.1. The lowest BCUT2D eigenvalue weighted by molar-refractivity contribution is 0.589. The van der Waals surface area contributed by atoms with Gasteiger partial charge >= 0.3 is 0 Å². The van der Waals surface area contributed by atoms with Crippen LogP contribution in [0.15, 0.2) is 61.0 Å². The van der Waals surface area contributed by atoms with Crippen LogP contribution in [0.25, 0.3) is 23.4 Å². The van der Waals surface area contributed by atoms with Gasteiger partial charge in [-0.25, -0.2) is 9.37 Å². The largest absolute Gasteiger partial charge is 0.293 e. The molecule has 1 aromatic heterocycles. The Morgan fingerprint density at radius 2 is 1.96 bits per heavy atom. The molecule has 116 valence electrons. The average molecular weight is 306 g/mol. The number of hydrogen-bond donors (Lipinski definition) is 0. The molecule has 0 fully saturated rings. The van der Waals surface area contributed by atoms with Crippen LogP contribution in [0.3, 0.4) is 0 Å². The SMILES string of the molecule is C=Cc1nc(C2=CC=C(F)CC2)n(-c2ccccc2)c1/C=C\C. The molecular formula is C20H19FN2. The summed E-state index contributed by atoms with van der Waals surface area (Å²) in [4.78, 5) is 4.75. The zero-order chi connectivity index (χ0) is 16.2. The number of halogens is 1. The van der Waals surface area contributed by atoms with Crippen LogP contribution in [0.4, 0.5) is 4.39 Å². The van der Waals surface area contributed by atoms with E-state index in [2.05, 4.69) is 11.1 Å². The van der Waals surface area contributed by atoms with Crippen LogP contribution in [-0.2, 0) is 0 Å². The lowest BCUT2D eigenvalue weighted by Gasteiger charge is -2.14. The summed E-state index contributed by atoms with van der Waals surface area (Å²) in [5.41, 5.74) is 3.89. The van der Waals surface area contributed by atoms with E-state index in [9.17, 15) is 4.39 Å². The summed E-state index contributed by atoms with van der Waals surface area (Å²) in [6.45, 7) is 5.86. The van der Waals surface area contributed by atoms with E-state index in [-0.39, 0.29) is 5.83 Å². The van der Waals surface area contributed by atoms with Crippen LogP contribution in [0.1, 0.15) is 37.0 Å². The zero-order valence-corrected chi connectivity index (χ0v) is 13.2. The van der Waals surface area contributed by atoms with Gasteiger partial charge in [0.15, 0.2) is 0 Å². The summed E-state index contributed by atoms with van der Waals surface area (Å²) < 4.78 is 15.4. The summed E-state index contributed by atoms with van der Waals surface area (Å²) >= 11 is 0. The lowest BCUT2D eigenvalue weighted by Crippen LogP contribution is -2.04. The van der Waals surface area contributed by atoms with Crippen LogP contribution in [0, 0.1) is 0 Å². The Hall–Kier alpha value is -2.68. The maximum atomic E-state index is 13.3. The molecule has 2 nitrogen and oxygen atoms in total. The number of rotatable bonds is 4. The second-order valence-corrected chi connectivity index (χ2v) is 5.39. The molecule has 0 bridgehead atoms. The molecule has 3 heteroatoms. The van der Waals surface area contributed by atoms with E-state index in [1.54, 1.807) is 6.08 Å². The molecule has 0 spiro atoms. The van der Waals surface area contributed by atoms with Crippen molar-refractivity contribution in [2.45, 2.75) is 19.8 Å². The van der Waals surface area contributed by atoms with Gasteiger partial charge in [0.25, 0.3) is 0 Å². The number of aromatic nitrogens is 2. The molecule has 2 aromatic rings. The van der Waals surface area contributed by atoms with Crippen LogP contribution in [-0.4, -0.2) is 9.55 Å². The smallest absolute Gasteiger partial charge is 0.141 e. The minimum atomic E-state index is -0.0795. The molecule has 0 saturated carbocycles. The molecule has 0 saturated heterocycles. The number of para-hydroxylation sites is 1. The predicted molar refractivity (Wildman–Crippen MR) is 94.8 cm³/mol. The predicted octanol–water partition coefficient (Wildman–Crippen LogP) is 5.58. The van der Waals surface area contributed by atoms with Crippen molar-refractivity contribution in [1.82, 2.24) is 9.55 Å². The van der Waals surface area contributed by atoms with E-state index < -0.39 is 0 Å². The third-order valence-corrected chi connectivity index (χ3v) is 3.86. The number of hydrogen-bond acceptors (Lipinski definition) is 1. The van der Waals surface area contributed by atoms with Gasteiger partial charge < -0.3 is 0 Å². The Morgan fingerprint density at radius 3 is 2.57 bits per heavy atom. The first-order valence-electron chi connectivity index (χ1n) is 7.73. The van der Waals surface area contributed by atoms with Crippen molar-refractivity contribution < 1.29 is 4.39 Å². The molecule has 1 aliphatic carbocycles. The third-order valence-electron chi connectivity index (χ3n) is 3.86. The van der Waals surface area contributed by atoms with Crippen molar-refractivity contribution in [1.29, 1.82) is 0 Å². The van der Waals surface area contributed by atoms with E-state index in [1.807, 2.05) is 55.5 Å². The highest BCUT2D eigenvalue weighted by Gasteiger charge is 2.19. The topological polar surface area (TPSA) is 17.8 Å². The van der Waals surface area contributed by atoms with Gasteiger partial charge in [-0.15, -0.1) is 0 Å². The fourth-order valence-corrected chi connectivity index (χ4v) is 2.77. The van der Waals surface area contributed by atoms with Gasteiger partial charge in [-0.2, -0.15) is 0 Å². The second kappa shape index (κ2) is 6.61. The van der Waals surface area contributed by atoms with Gasteiger partial charge in [0.05, 0.1) is 11.4 Å². The van der Waals surface area contributed by atoms with Crippen LogP contribution < -0.4 is 0 Å². The Kier molecular flexibility index (Phi) is 4.38. The fraction of sp³-hybridized carbons (Fsp3) is 0.150. The van der Waals surface area contributed by atoms with Crippen molar-refractivity contribution in [2.24, 2.45) is 0 Å². The van der Waals surface area contributed by atoms with Crippen LogP contribution in [0.2, 0.25) is 0 Å². The first-order chi connectivity index (χ1) is 11.2. The molecule has 0 N–H and O–H groups in total. The Labute approximate surface area is 136 Å². The highest BCUT2D eigenvalue weighted by Crippen LogP contribution is 2.31. The highest BCUT2D eigenvalue weighted by atomic mass is 19.1. The maximum Gasteiger partial charge on any atom is 0.141 e. The van der Waals surface area contributed by atoms with E-state index >= 15 is 0 Å². The molecule has 0 radical (unpaired) electrons. The molecule has 1 aromatic carbocycles. The van der Waals surface area contributed by atoms with Crippen molar-refractivity contribution >= 4 is 17.7 Å². The summed E-state index contributed by atoms with van der Waals surface area (Å²) in [6.07, 6.45) is 10.2. The van der Waals surface area contributed by atoms with Gasteiger partial charge in [-0.3, -0.25) is 4.57 Å². The van der Waals surface area contributed by atoms with Gasteiger partial charge in [0.2, 0.25) is 0 Å². The zero-order valence-electron chi connectivity index (χ0n) is 13.2. The molecule has 0 atom stereocenters. The Bertz CT molecular complexity index is 808. The number of imidazole rings is 1. The minimum absolute atomic E-state index is 0.0795. The minimum Gasteiger partial charge on any atom is -0.293 e. The van der Waals surface area contributed by atoms with Crippen LogP contribution in [0.5, 0.6) is 0 Å². The van der Waals surface area contributed by atoms with Crippen molar-refractivity contribution in [3.63, 3.8) is 0 Å². The molecule has 1 aliphatic rings. The highest BCUT2D eigenvalue weighted by molar-refractivity contribution is 5.71. The summed E-state index contributed by atoms with van der Waals surface area (Å²) in [7, 11) is 0.